The molecule has 0 bridgehead atoms. The Labute approximate surface area is 119 Å². The summed E-state index contributed by atoms with van der Waals surface area (Å²) < 4.78 is 0. The molecular formula is C14H25N5O. The average molecular weight is 279 g/mol. The molecule has 6 nitrogen and oxygen atoms in total. The summed E-state index contributed by atoms with van der Waals surface area (Å²) in [5.41, 5.74) is 5.55. The van der Waals surface area contributed by atoms with E-state index in [-0.39, 0.29) is 11.3 Å². The van der Waals surface area contributed by atoms with E-state index in [0.29, 0.717) is 19.0 Å². The summed E-state index contributed by atoms with van der Waals surface area (Å²) >= 11 is 0. The molecule has 0 atom stereocenters. The molecule has 1 fully saturated rings. The van der Waals surface area contributed by atoms with Crippen molar-refractivity contribution in [2.75, 3.05) is 13.1 Å². The first-order valence-electron chi connectivity index (χ1n) is 7.49. The predicted molar refractivity (Wildman–Crippen MR) is 76.8 cm³/mol. The molecule has 6 heteroatoms. The van der Waals surface area contributed by atoms with E-state index in [1.165, 1.54) is 6.33 Å². The van der Waals surface area contributed by atoms with Crippen molar-refractivity contribution >= 4 is 5.91 Å². The van der Waals surface area contributed by atoms with Crippen LogP contribution >= 0.6 is 0 Å². The number of hydrogen-bond acceptors (Lipinski definition) is 4. The zero-order chi connectivity index (χ0) is 14.4. The summed E-state index contributed by atoms with van der Waals surface area (Å²) in [6.07, 6.45) is 7.19. The third kappa shape index (κ3) is 3.56. The van der Waals surface area contributed by atoms with E-state index in [4.69, 9.17) is 5.73 Å². The second-order valence-electron chi connectivity index (χ2n) is 5.96. The van der Waals surface area contributed by atoms with Gasteiger partial charge in [-0.2, -0.15) is 5.10 Å². The number of aryl methyl sites for hydroxylation is 1. The quantitative estimate of drug-likeness (QED) is 0.677. The topological polar surface area (TPSA) is 96.7 Å². The summed E-state index contributed by atoms with van der Waals surface area (Å²) in [6.45, 7) is 3.36. The number of carbonyl (C=O) groups is 1. The molecule has 1 aliphatic carbocycles. The highest BCUT2D eigenvalue weighted by Crippen LogP contribution is 2.38. The fourth-order valence-electron chi connectivity index (χ4n) is 2.84. The molecule has 112 valence electrons. The van der Waals surface area contributed by atoms with E-state index in [0.717, 1.165) is 44.3 Å². The average Bonchev–Trinajstić information content (AvgIpc) is 2.98. The van der Waals surface area contributed by atoms with E-state index >= 15 is 0 Å². The number of nitrogens with zero attached hydrogens (tertiary/aromatic N) is 2. The van der Waals surface area contributed by atoms with Crippen molar-refractivity contribution in [3.63, 3.8) is 0 Å². The lowest BCUT2D eigenvalue weighted by molar-refractivity contribution is -0.132. The van der Waals surface area contributed by atoms with Gasteiger partial charge in [-0.25, -0.2) is 4.98 Å². The highest BCUT2D eigenvalue weighted by atomic mass is 16.2. The van der Waals surface area contributed by atoms with Crippen molar-refractivity contribution < 1.29 is 4.79 Å². The number of hydrogen-bond donors (Lipinski definition) is 3. The third-order valence-electron chi connectivity index (χ3n) is 4.44. The van der Waals surface area contributed by atoms with E-state index in [9.17, 15) is 4.79 Å². The maximum atomic E-state index is 12.4. The molecule has 1 aliphatic rings. The Morgan fingerprint density at radius 3 is 2.90 bits per heavy atom. The molecule has 1 amide bonds. The molecule has 1 aromatic rings. The first-order chi connectivity index (χ1) is 9.66. The van der Waals surface area contributed by atoms with Crippen LogP contribution in [0.2, 0.25) is 0 Å². The second-order valence-corrected chi connectivity index (χ2v) is 5.96. The van der Waals surface area contributed by atoms with Crippen LogP contribution < -0.4 is 11.1 Å². The van der Waals surface area contributed by atoms with Gasteiger partial charge in [-0.1, -0.05) is 6.92 Å². The zero-order valence-corrected chi connectivity index (χ0v) is 12.2. The zero-order valence-electron chi connectivity index (χ0n) is 12.2. The fourth-order valence-corrected chi connectivity index (χ4v) is 2.84. The van der Waals surface area contributed by atoms with E-state index in [1.54, 1.807) is 0 Å². The highest BCUT2D eigenvalue weighted by molar-refractivity contribution is 5.83. The number of carbonyl (C=O) groups excluding carboxylic acids is 1. The first kappa shape index (κ1) is 15.0. The number of aromatic amines is 1. The van der Waals surface area contributed by atoms with Gasteiger partial charge >= 0.3 is 0 Å². The number of nitrogens with one attached hydrogen (secondary N) is 2. The van der Waals surface area contributed by atoms with Crippen LogP contribution in [0.1, 0.15) is 44.9 Å². The number of amides is 1. The molecule has 4 N–H and O–H groups in total. The van der Waals surface area contributed by atoms with Gasteiger partial charge in [0.2, 0.25) is 5.91 Å². The van der Waals surface area contributed by atoms with Crippen LogP contribution in [0.25, 0.3) is 0 Å². The van der Waals surface area contributed by atoms with Crippen molar-refractivity contribution in [1.82, 2.24) is 20.5 Å². The van der Waals surface area contributed by atoms with Crippen LogP contribution in [-0.2, 0) is 11.2 Å². The molecule has 0 unspecified atom stereocenters. The van der Waals surface area contributed by atoms with Gasteiger partial charge in [0, 0.05) is 19.5 Å². The van der Waals surface area contributed by atoms with Crippen LogP contribution in [0.15, 0.2) is 6.33 Å². The molecule has 0 radical (unpaired) electrons. The third-order valence-corrected chi connectivity index (χ3v) is 4.44. The van der Waals surface area contributed by atoms with Crippen molar-refractivity contribution in [2.45, 2.75) is 45.4 Å². The molecule has 2 rings (SSSR count). The Morgan fingerprint density at radius 2 is 2.30 bits per heavy atom. The Hall–Kier alpha value is -1.43. The predicted octanol–water partition coefficient (Wildman–Crippen LogP) is 1.01. The molecular weight excluding hydrogens is 254 g/mol. The molecule has 0 aliphatic heterocycles. The normalized spacial score (nSPS) is 26.4. The van der Waals surface area contributed by atoms with E-state index in [1.807, 2.05) is 0 Å². The highest BCUT2D eigenvalue weighted by Gasteiger charge is 2.39. The molecule has 1 saturated carbocycles. The van der Waals surface area contributed by atoms with Crippen LogP contribution in [0, 0.1) is 11.3 Å². The summed E-state index contributed by atoms with van der Waals surface area (Å²) in [5.74, 6) is 1.71. The van der Waals surface area contributed by atoms with Gasteiger partial charge in [-0.3, -0.25) is 9.89 Å². The minimum Gasteiger partial charge on any atom is -0.356 e. The summed E-state index contributed by atoms with van der Waals surface area (Å²) in [7, 11) is 0. The van der Waals surface area contributed by atoms with Crippen molar-refractivity contribution in [1.29, 1.82) is 0 Å². The molecule has 0 spiro atoms. The van der Waals surface area contributed by atoms with Crippen LogP contribution in [-0.4, -0.2) is 34.2 Å². The Balaban J connectivity index is 1.75. The first-order valence-corrected chi connectivity index (χ1v) is 7.49. The number of nitrogens with two attached hydrogens (primary N) is 1. The number of H-pyrrole nitrogens is 1. The largest absolute Gasteiger partial charge is 0.356 e. The molecule has 1 heterocycles. The Kier molecular flexibility index (Phi) is 5.11. The van der Waals surface area contributed by atoms with E-state index in [2.05, 4.69) is 27.4 Å². The molecule has 1 aromatic heterocycles. The van der Waals surface area contributed by atoms with Crippen LogP contribution in [0.5, 0.6) is 0 Å². The Morgan fingerprint density at radius 1 is 1.55 bits per heavy atom. The molecule has 20 heavy (non-hydrogen) atoms. The SMILES string of the molecule is CC1CCC(CN)(C(=O)NCCCc2ncn[nH]2)CC1. The second kappa shape index (κ2) is 6.83. The van der Waals surface area contributed by atoms with Crippen molar-refractivity contribution in [3.05, 3.63) is 12.2 Å². The minimum absolute atomic E-state index is 0.129. The summed E-state index contributed by atoms with van der Waals surface area (Å²) in [6, 6.07) is 0. The minimum atomic E-state index is -0.335. The van der Waals surface area contributed by atoms with Crippen molar-refractivity contribution in [3.8, 4) is 0 Å². The van der Waals surface area contributed by atoms with Gasteiger partial charge in [0.05, 0.1) is 5.41 Å². The van der Waals surface area contributed by atoms with Gasteiger partial charge in [0.1, 0.15) is 12.2 Å². The summed E-state index contributed by atoms with van der Waals surface area (Å²) in [5, 5.41) is 9.66. The standard InChI is InChI=1S/C14H25N5O/c1-11-4-6-14(9-15,7-5-11)13(20)16-8-2-3-12-17-10-18-19-12/h10-11H,2-9,15H2,1H3,(H,16,20)(H,17,18,19). The van der Waals surface area contributed by atoms with Gasteiger partial charge in [0.25, 0.3) is 0 Å². The molecule has 0 saturated heterocycles. The lowest BCUT2D eigenvalue weighted by Gasteiger charge is -2.37. The van der Waals surface area contributed by atoms with E-state index < -0.39 is 0 Å². The number of aromatic nitrogens is 3. The monoisotopic (exact) mass is 279 g/mol. The Bertz CT molecular complexity index is 409. The van der Waals surface area contributed by atoms with Crippen LogP contribution in [0.4, 0.5) is 0 Å². The van der Waals surface area contributed by atoms with Gasteiger partial charge in [-0.15, -0.1) is 0 Å². The van der Waals surface area contributed by atoms with Gasteiger partial charge in [-0.05, 0) is 38.0 Å². The fraction of sp³-hybridized carbons (Fsp3) is 0.786. The smallest absolute Gasteiger partial charge is 0.227 e. The van der Waals surface area contributed by atoms with Gasteiger partial charge < -0.3 is 11.1 Å². The number of rotatable bonds is 6. The molecule has 0 aromatic carbocycles. The van der Waals surface area contributed by atoms with Crippen LogP contribution in [0.3, 0.4) is 0 Å². The van der Waals surface area contributed by atoms with Crippen molar-refractivity contribution in [2.24, 2.45) is 17.1 Å². The summed E-state index contributed by atoms with van der Waals surface area (Å²) in [4.78, 5) is 16.5. The van der Waals surface area contributed by atoms with Gasteiger partial charge in [0.15, 0.2) is 0 Å². The maximum absolute atomic E-state index is 12.4. The maximum Gasteiger partial charge on any atom is 0.227 e. The lowest BCUT2D eigenvalue weighted by atomic mass is 9.70. The lowest BCUT2D eigenvalue weighted by Crippen LogP contribution is -2.48.